The molecule has 5 heteroatoms. The summed E-state index contributed by atoms with van der Waals surface area (Å²) in [5.41, 5.74) is -0.0860. The fourth-order valence-corrected chi connectivity index (χ4v) is 4.55. The molecule has 1 spiro atoms. The Kier molecular flexibility index (Phi) is 5.77. The van der Waals surface area contributed by atoms with Crippen LogP contribution in [0.1, 0.15) is 53.4 Å². The van der Waals surface area contributed by atoms with Crippen LogP contribution < -0.4 is 0 Å². The summed E-state index contributed by atoms with van der Waals surface area (Å²) in [6, 6.07) is 7.86. The number of benzene rings is 1. The highest BCUT2D eigenvalue weighted by atomic mass is 35.5. The molecule has 140 valence electrons. The van der Waals surface area contributed by atoms with E-state index in [1.165, 1.54) is 4.90 Å². The van der Waals surface area contributed by atoms with Gasteiger partial charge in [-0.15, -0.1) is 11.8 Å². The third kappa shape index (κ3) is 4.92. The first-order valence-electron chi connectivity index (χ1n) is 9.09. The zero-order valence-electron chi connectivity index (χ0n) is 15.6. The second-order valence-corrected chi connectivity index (χ2v) is 10.2. The van der Waals surface area contributed by atoms with Crippen molar-refractivity contribution in [2.75, 3.05) is 12.4 Å². The van der Waals surface area contributed by atoms with Crippen LogP contribution in [0.15, 0.2) is 29.2 Å². The van der Waals surface area contributed by atoms with Crippen LogP contribution >= 0.6 is 23.4 Å². The van der Waals surface area contributed by atoms with Crippen molar-refractivity contribution in [1.82, 2.24) is 0 Å². The van der Waals surface area contributed by atoms with Crippen molar-refractivity contribution in [3.05, 3.63) is 29.3 Å². The third-order valence-electron chi connectivity index (χ3n) is 5.37. The van der Waals surface area contributed by atoms with Gasteiger partial charge in [-0.2, -0.15) is 0 Å². The molecule has 1 heterocycles. The first-order valence-corrected chi connectivity index (χ1v) is 10.5. The maximum atomic E-state index is 6.21. The molecule has 2 aliphatic rings. The molecule has 1 saturated heterocycles. The lowest BCUT2D eigenvalue weighted by atomic mass is 9.71. The summed E-state index contributed by atoms with van der Waals surface area (Å²) in [5.74, 6) is 0.959. The molecule has 0 aromatic heterocycles. The average molecular weight is 385 g/mol. The summed E-state index contributed by atoms with van der Waals surface area (Å²) in [6.07, 6.45) is 4.08. The van der Waals surface area contributed by atoms with Crippen molar-refractivity contribution in [2.24, 2.45) is 11.3 Å². The standard InChI is InChI=1S/C20H29ClO3S/c1-18(2,3)15-9-11-20(12-10-15)22-13-19(4,23-24-20)14-25-17-7-5-16(21)6-8-17/h5-8,15H,9-14H2,1-4H3/t15?,19-,20?/m1/s1. The summed E-state index contributed by atoms with van der Waals surface area (Å²) in [6.45, 7) is 9.57. The maximum absolute atomic E-state index is 6.21. The second-order valence-electron chi connectivity index (χ2n) is 8.70. The van der Waals surface area contributed by atoms with Gasteiger partial charge in [-0.1, -0.05) is 32.4 Å². The predicted molar refractivity (Wildman–Crippen MR) is 103 cm³/mol. The smallest absolute Gasteiger partial charge is 0.201 e. The highest BCUT2D eigenvalue weighted by Crippen LogP contribution is 2.46. The Morgan fingerprint density at radius 3 is 2.28 bits per heavy atom. The van der Waals surface area contributed by atoms with Crippen molar-refractivity contribution in [1.29, 1.82) is 0 Å². The highest BCUT2D eigenvalue weighted by molar-refractivity contribution is 7.99. The molecule has 1 aliphatic carbocycles. The van der Waals surface area contributed by atoms with E-state index in [1.807, 2.05) is 31.2 Å². The molecule has 2 fully saturated rings. The van der Waals surface area contributed by atoms with Crippen LogP contribution in [0.5, 0.6) is 0 Å². The Balaban J connectivity index is 1.50. The molecule has 3 nitrogen and oxygen atoms in total. The fourth-order valence-electron chi connectivity index (χ4n) is 3.49. The molecule has 0 N–H and O–H groups in total. The van der Waals surface area contributed by atoms with E-state index >= 15 is 0 Å². The van der Waals surface area contributed by atoms with Crippen molar-refractivity contribution in [2.45, 2.75) is 69.7 Å². The van der Waals surface area contributed by atoms with Crippen molar-refractivity contribution in [3.63, 3.8) is 0 Å². The molecular weight excluding hydrogens is 356 g/mol. The molecule has 1 aliphatic heterocycles. The summed E-state index contributed by atoms with van der Waals surface area (Å²) < 4.78 is 6.21. The van der Waals surface area contributed by atoms with Gasteiger partial charge in [-0.25, -0.2) is 9.78 Å². The van der Waals surface area contributed by atoms with Gasteiger partial charge in [-0.3, -0.25) is 0 Å². The first-order chi connectivity index (χ1) is 11.7. The Bertz CT molecular complexity index is 564. The maximum Gasteiger partial charge on any atom is 0.201 e. The van der Waals surface area contributed by atoms with Gasteiger partial charge in [0.2, 0.25) is 5.79 Å². The predicted octanol–water partition coefficient (Wildman–Crippen LogP) is 6.10. The van der Waals surface area contributed by atoms with Crippen LogP contribution in [0.3, 0.4) is 0 Å². The Morgan fingerprint density at radius 2 is 1.76 bits per heavy atom. The Labute approximate surface area is 160 Å². The molecular formula is C20H29ClO3S. The summed E-state index contributed by atoms with van der Waals surface area (Å²) >= 11 is 7.66. The van der Waals surface area contributed by atoms with Crippen LogP contribution in [0.4, 0.5) is 0 Å². The van der Waals surface area contributed by atoms with Gasteiger partial charge in [-0.05, 0) is 55.4 Å². The minimum absolute atomic E-state index is 0.348. The van der Waals surface area contributed by atoms with Gasteiger partial charge in [0.15, 0.2) is 0 Å². The molecule has 0 radical (unpaired) electrons. The molecule has 3 rings (SSSR count). The van der Waals surface area contributed by atoms with E-state index in [-0.39, 0.29) is 0 Å². The lowest BCUT2D eigenvalue weighted by Crippen LogP contribution is -2.53. The van der Waals surface area contributed by atoms with Crippen molar-refractivity contribution >= 4 is 23.4 Å². The van der Waals surface area contributed by atoms with Gasteiger partial charge in [0.25, 0.3) is 0 Å². The lowest BCUT2D eigenvalue weighted by molar-refractivity contribution is -0.511. The third-order valence-corrected chi connectivity index (χ3v) is 6.98. The zero-order valence-corrected chi connectivity index (χ0v) is 17.2. The monoisotopic (exact) mass is 384 g/mol. The van der Waals surface area contributed by atoms with E-state index in [4.69, 9.17) is 26.1 Å². The van der Waals surface area contributed by atoms with E-state index in [1.54, 1.807) is 11.8 Å². The largest absolute Gasteiger partial charge is 0.344 e. The van der Waals surface area contributed by atoms with Crippen LogP contribution in [0, 0.1) is 11.3 Å². The number of ether oxygens (including phenoxy) is 1. The molecule has 25 heavy (non-hydrogen) atoms. The van der Waals surface area contributed by atoms with Gasteiger partial charge >= 0.3 is 0 Å². The van der Waals surface area contributed by atoms with Crippen molar-refractivity contribution in [3.8, 4) is 0 Å². The number of rotatable bonds is 3. The number of halogens is 1. The number of hydrogen-bond donors (Lipinski definition) is 0. The average Bonchev–Trinajstić information content (AvgIpc) is 2.57. The molecule has 1 atom stereocenters. The van der Waals surface area contributed by atoms with Gasteiger partial charge in [0, 0.05) is 28.5 Å². The zero-order chi connectivity index (χ0) is 18.1. The quantitative estimate of drug-likeness (QED) is 0.464. The van der Waals surface area contributed by atoms with E-state index < -0.39 is 11.4 Å². The SMILES string of the molecule is CC(C)(C)C1CCC2(CC1)OC[C@](C)(CSc1ccc(Cl)cc1)OO2. The van der Waals surface area contributed by atoms with E-state index in [0.29, 0.717) is 12.0 Å². The van der Waals surface area contributed by atoms with E-state index in [9.17, 15) is 0 Å². The van der Waals surface area contributed by atoms with Gasteiger partial charge in [0.1, 0.15) is 5.60 Å². The van der Waals surface area contributed by atoms with Crippen LogP contribution in [0.25, 0.3) is 0 Å². The van der Waals surface area contributed by atoms with E-state index in [0.717, 1.165) is 42.4 Å². The summed E-state index contributed by atoms with van der Waals surface area (Å²) in [7, 11) is 0. The fraction of sp³-hybridized carbons (Fsp3) is 0.700. The van der Waals surface area contributed by atoms with Crippen molar-refractivity contribution < 1.29 is 14.5 Å². The Hall–Kier alpha value is -0.260. The molecule has 0 unspecified atom stereocenters. The van der Waals surface area contributed by atoms with Crippen LogP contribution in [-0.2, 0) is 14.5 Å². The van der Waals surface area contributed by atoms with Gasteiger partial charge < -0.3 is 4.74 Å². The minimum Gasteiger partial charge on any atom is -0.344 e. The van der Waals surface area contributed by atoms with Crippen LogP contribution in [0.2, 0.25) is 5.02 Å². The molecule has 0 bridgehead atoms. The Morgan fingerprint density at radius 1 is 1.12 bits per heavy atom. The number of thioether (sulfide) groups is 1. The second kappa shape index (κ2) is 7.40. The lowest BCUT2D eigenvalue weighted by Gasteiger charge is -2.47. The highest BCUT2D eigenvalue weighted by Gasteiger charge is 2.47. The summed E-state index contributed by atoms with van der Waals surface area (Å²) in [4.78, 5) is 12.9. The van der Waals surface area contributed by atoms with E-state index in [2.05, 4.69) is 20.8 Å². The number of hydrogen-bond acceptors (Lipinski definition) is 4. The van der Waals surface area contributed by atoms with Crippen LogP contribution in [-0.4, -0.2) is 23.7 Å². The molecule has 1 aromatic rings. The summed E-state index contributed by atoms with van der Waals surface area (Å²) in [5, 5.41) is 0.754. The first kappa shape index (κ1) is 19.5. The molecule has 1 aromatic carbocycles. The van der Waals surface area contributed by atoms with Gasteiger partial charge in [0.05, 0.1) is 6.61 Å². The molecule has 0 amide bonds. The topological polar surface area (TPSA) is 27.7 Å². The normalized spacial score (nSPS) is 33.6. The molecule has 1 saturated carbocycles. The minimum atomic E-state index is -0.536.